The molecule has 2 unspecified atom stereocenters. The van der Waals surface area contributed by atoms with E-state index < -0.39 is 6.09 Å². The molecule has 3 fully saturated rings. The van der Waals surface area contributed by atoms with Gasteiger partial charge in [-0.1, -0.05) is 42.0 Å². The van der Waals surface area contributed by atoms with Gasteiger partial charge in [0.25, 0.3) is 0 Å². The maximum Gasteiger partial charge on any atom is 0.407 e. The zero-order valence-electron chi connectivity index (χ0n) is 21.6. The van der Waals surface area contributed by atoms with Gasteiger partial charge in [0.1, 0.15) is 5.82 Å². The third kappa shape index (κ3) is 4.09. The summed E-state index contributed by atoms with van der Waals surface area (Å²) in [4.78, 5) is 20.8. The van der Waals surface area contributed by atoms with Crippen molar-refractivity contribution in [3.63, 3.8) is 0 Å². The van der Waals surface area contributed by atoms with Gasteiger partial charge < -0.3 is 14.6 Å². The number of fused-ring (bicyclic) bond motifs is 3. The molecular formula is C30H38N4O2. The van der Waals surface area contributed by atoms with Crippen LogP contribution in [0.4, 0.5) is 4.79 Å². The number of aryl methyl sites for hydroxylation is 2. The van der Waals surface area contributed by atoms with Crippen LogP contribution in [0.1, 0.15) is 67.9 Å². The highest BCUT2D eigenvalue weighted by Gasteiger charge is 2.44. The first-order valence-corrected chi connectivity index (χ1v) is 13.7. The Kier molecular flexibility index (Phi) is 6.03. The van der Waals surface area contributed by atoms with Crippen molar-refractivity contribution in [3.8, 4) is 0 Å². The normalized spacial score (nSPS) is 25.9. The van der Waals surface area contributed by atoms with Crippen molar-refractivity contribution in [1.29, 1.82) is 0 Å². The molecule has 3 aromatic rings. The van der Waals surface area contributed by atoms with Crippen LogP contribution in [0.25, 0.3) is 11.0 Å². The molecule has 6 heteroatoms. The fraction of sp³-hybridized carbons (Fsp3) is 0.533. The van der Waals surface area contributed by atoms with Crippen LogP contribution >= 0.6 is 0 Å². The topological polar surface area (TPSA) is 61.6 Å². The second-order valence-electron chi connectivity index (χ2n) is 11.4. The Morgan fingerprint density at radius 3 is 2.31 bits per heavy atom. The van der Waals surface area contributed by atoms with Crippen molar-refractivity contribution in [1.82, 2.24) is 19.4 Å². The molecule has 1 amide bonds. The zero-order chi connectivity index (χ0) is 24.9. The van der Waals surface area contributed by atoms with Gasteiger partial charge in [-0.2, -0.15) is 0 Å². The van der Waals surface area contributed by atoms with Gasteiger partial charge in [0, 0.05) is 31.2 Å². The number of benzene rings is 2. The maximum atomic E-state index is 11.6. The van der Waals surface area contributed by atoms with E-state index in [-0.39, 0.29) is 5.41 Å². The molecule has 0 aliphatic carbocycles. The lowest BCUT2D eigenvalue weighted by Gasteiger charge is -2.45. The average Bonchev–Trinajstić information content (AvgIpc) is 3.34. The fourth-order valence-corrected chi connectivity index (χ4v) is 7.51. The first-order valence-electron chi connectivity index (χ1n) is 13.7. The Bertz CT molecular complexity index is 1230. The van der Waals surface area contributed by atoms with E-state index in [0.29, 0.717) is 31.2 Å². The van der Waals surface area contributed by atoms with Crippen LogP contribution in [-0.2, 0) is 5.41 Å². The van der Waals surface area contributed by atoms with Gasteiger partial charge in [-0.15, -0.1) is 0 Å². The Hall–Kier alpha value is -2.86. The van der Waals surface area contributed by atoms with Crippen molar-refractivity contribution in [2.45, 2.75) is 82.3 Å². The van der Waals surface area contributed by atoms with Crippen molar-refractivity contribution < 1.29 is 9.90 Å². The molecule has 3 aliphatic heterocycles. The highest BCUT2D eigenvalue weighted by molar-refractivity contribution is 5.76. The van der Waals surface area contributed by atoms with E-state index in [0.717, 1.165) is 37.1 Å². The van der Waals surface area contributed by atoms with Crippen molar-refractivity contribution >= 4 is 17.1 Å². The van der Waals surface area contributed by atoms with Gasteiger partial charge in [-0.25, -0.2) is 9.78 Å². The molecule has 1 aromatic heterocycles. The quantitative estimate of drug-likeness (QED) is 0.486. The number of rotatable bonds is 5. The van der Waals surface area contributed by atoms with Crippen LogP contribution in [0.3, 0.4) is 0 Å². The van der Waals surface area contributed by atoms with E-state index in [1.54, 1.807) is 4.90 Å². The minimum absolute atomic E-state index is 0.0626. The standard InChI is InChI=1S/C30H38N4O2/c1-21-7-9-23(10-8-21)30(13-16-32(17-14-30)29(35)36)15-18-33-24-11-12-25(33)20-26(19-24)34-22(2)31-27-5-3-4-6-28(27)34/h3-10,24-26H,11-20H2,1-2H3,(H,35,36). The zero-order valence-corrected chi connectivity index (χ0v) is 21.6. The second kappa shape index (κ2) is 9.22. The van der Waals surface area contributed by atoms with Gasteiger partial charge in [0.2, 0.25) is 0 Å². The number of para-hydroxylation sites is 2. The number of amides is 1. The van der Waals surface area contributed by atoms with Crippen LogP contribution in [0.2, 0.25) is 0 Å². The van der Waals surface area contributed by atoms with Gasteiger partial charge in [0.05, 0.1) is 11.0 Å². The molecule has 0 spiro atoms. The molecule has 36 heavy (non-hydrogen) atoms. The Morgan fingerprint density at radius 2 is 1.64 bits per heavy atom. The summed E-state index contributed by atoms with van der Waals surface area (Å²) in [5.74, 6) is 1.14. The third-order valence-corrected chi connectivity index (χ3v) is 9.50. The molecule has 0 saturated carbocycles. The number of piperidine rings is 2. The SMILES string of the molecule is Cc1ccc(C2(CCN3C4CCC3CC(n3c(C)nc5ccccc53)C4)CCN(C(=O)O)CC2)cc1. The van der Waals surface area contributed by atoms with E-state index in [1.165, 1.54) is 42.3 Å². The number of likely N-dealkylation sites (tertiary alicyclic amines) is 1. The number of aromatic nitrogens is 2. The smallest absolute Gasteiger partial charge is 0.407 e. The van der Waals surface area contributed by atoms with Crippen molar-refractivity contribution in [2.75, 3.05) is 19.6 Å². The Morgan fingerprint density at radius 1 is 0.972 bits per heavy atom. The van der Waals surface area contributed by atoms with Crippen LogP contribution in [0.5, 0.6) is 0 Å². The molecule has 0 radical (unpaired) electrons. The van der Waals surface area contributed by atoms with E-state index in [4.69, 9.17) is 4.98 Å². The Balaban J connectivity index is 1.20. The predicted molar refractivity (Wildman–Crippen MR) is 143 cm³/mol. The van der Waals surface area contributed by atoms with E-state index in [1.807, 2.05) is 0 Å². The predicted octanol–water partition coefficient (Wildman–Crippen LogP) is 5.92. The van der Waals surface area contributed by atoms with Gasteiger partial charge >= 0.3 is 6.09 Å². The van der Waals surface area contributed by atoms with Gasteiger partial charge in [0.15, 0.2) is 0 Å². The summed E-state index contributed by atoms with van der Waals surface area (Å²) in [6, 6.07) is 19.4. The lowest BCUT2D eigenvalue weighted by atomic mass is 9.70. The number of carboxylic acid groups (broad SMARTS) is 1. The number of nitrogens with zero attached hydrogens (tertiary/aromatic N) is 4. The molecule has 2 aromatic carbocycles. The number of imidazole rings is 1. The highest BCUT2D eigenvalue weighted by Crippen LogP contribution is 2.45. The molecule has 190 valence electrons. The molecule has 1 N–H and O–H groups in total. The van der Waals surface area contributed by atoms with Crippen molar-refractivity contribution in [2.24, 2.45) is 0 Å². The molecule has 2 bridgehead atoms. The lowest BCUT2D eigenvalue weighted by molar-refractivity contribution is 0.0800. The minimum Gasteiger partial charge on any atom is -0.465 e. The first-order chi connectivity index (χ1) is 17.4. The second-order valence-corrected chi connectivity index (χ2v) is 11.4. The summed E-state index contributed by atoms with van der Waals surface area (Å²) in [6.45, 7) is 6.66. The summed E-state index contributed by atoms with van der Waals surface area (Å²) >= 11 is 0. The lowest BCUT2D eigenvalue weighted by Crippen LogP contribution is -2.48. The summed E-state index contributed by atoms with van der Waals surface area (Å²) in [7, 11) is 0. The summed E-state index contributed by atoms with van der Waals surface area (Å²) in [6.07, 6.45) is 7.12. The summed E-state index contributed by atoms with van der Waals surface area (Å²) in [5, 5.41) is 9.53. The van der Waals surface area contributed by atoms with Crippen LogP contribution in [-0.4, -0.2) is 62.3 Å². The molecular weight excluding hydrogens is 448 g/mol. The number of hydrogen-bond donors (Lipinski definition) is 1. The molecule has 6 rings (SSSR count). The molecule has 3 saturated heterocycles. The van der Waals surface area contributed by atoms with Crippen LogP contribution in [0.15, 0.2) is 48.5 Å². The Labute approximate surface area is 213 Å². The van der Waals surface area contributed by atoms with Crippen LogP contribution < -0.4 is 0 Å². The molecule has 6 nitrogen and oxygen atoms in total. The average molecular weight is 487 g/mol. The molecule has 2 atom stereocenters. The van der Waals surface area contributed by atoms with E-state index >= 15 is 0 Å². The minimum atomic E-state index is -0.782. The first kappa shape index (κ1) is 23.5. The van der Waals surface area contributed by atoms with Crippen LogP contribution in [0, 0.1) is 13.8 Å². The fourth-order valence-electron chi connectivity index (χ4n) is 7.51. The van der Waals surface area contributed by atoms with Gasteiger partial charge in [-0.3, -0.25) is 4.90 Å². The third-order valence-electron chi connectivity index (χ3n) is 9.50. The summed E-state index contributed by atoms with van der Waals surface area (Å²) in [5.41, 5.74) is 5.11. The summed E-state index contributed by atoms with van der Waals surface area (Å²) < 4.78 is 2.51. The number of carbonyl (C=O) groups is 1. The van der Waals surface area contributed by atoms with E-state index in [9.17, 15) is 9.90 Å². The van der Waals surface area contributed by atoms with E-state index in [2.05, 4.69) is 71.8 Å². The number of hydrogen-bond acceptors (Lipinski definition) is 3. The van der Waals surface area contributed by atoms with Gasteiger partial charge in [-0.05, 0) is 88.4 Å². The highest BCUT2D eigenvalue weighted by atomic mass is 16.4. The maximum absolute atomic E-state index is 11.6. The molecule has 4 heterocycles. The largest absolute Gasteiger partial charge is 0.465 e. The molecule has 3 aliphatic rings. The monoisotopic (exact) mass is 486 g/mol. The van der Waals surface area contributed by atoms with Crippen molar-refractivity contribution in [3.05, 3.63) is 65.5 Å².